The SMILES string of the molecule is O=C(NCC1CCN(C(=O)CN2CCOCC2)CC1)c1cc(C(F)(F)F)cc(C(F)(F)F)c1. The van der Waals surface area contributed by atoms with Gasteiger partial charge in [0.05, 0.1) is 30.9 Å². The van der Waals surface area contributed by atoms with Gasteiger partial charge in [0.1, 0.15) is 0 Å². The van der Waals surface area contributed by atoms with E-state index in [-0.39, 0.29) is 24.4 Å². The number of morpholine rings is 1. The number of carbonyl (C=O) groups excluding carboxylic acids is 2. The van der Waals surface area contributed by atoms with Crippen LogP contribution < -0.4 is 5.32 Å². The Hall–Kier alpha value is -2.34. The summed E-state index contributed by atoms with van der Waals surface area (Å²) in [7, 11) is 0. The first-order valence-corrected chi connectivity index (χ1v) is 10.6. The number of benzene rings is 1. The van der Waals surface area contributed by atoms with Crippen LogP contribution in [0.2, 0.25) is 0 Å². The topological polar surface area (TPSA) is 61.9 Å². The van der Waals surface area contributed by atoms with Crippen LogP contribution >= 0.6 is 0 Å². The number of nitrogens with one attached hydrogen (secondary N) is 1. The Morgan fingerprint density at radius 3 is 1.97 bits per heavy atom. The minimum atomic E-state index is -5.02. The highest BCUT2D eigenvalue weighted by molar-refractivity contribution is 5.94. The predicted octanol–water partition coefficient (Wildman–Crippen LogP) is 3.02. The molecule has 0 atom stereocenters. The van der Waals surface area contributed by atoms with Gasteiger partial charge in [0.2, 0.25) is 5.91 Å². The Labute approximate surface area is 186 Å². The summed E-state index contributed by atoms with van der Waals surface area (Å²) in [6.07, 6.45) is -8.88. The molecule has 2 aliphatic heterocycles. The lowest BCUT2D eigenvalue weighted by molar-refractivity contribution is -0.143. The lowest BCUT2D eigenvalue weighted by Gasteiger charge is -2.34. The monoisotopic (exact) mass is 481 g/mol. The molecule has 0 radical (unpaired) electrons. The zero-order chi connectivity index (χ0) is 24.2. The van der Waals surface area contributed by atoms with Crippen molar-refractivity contribution in [3.63, 3.8) is 0 Å². The number of hydrogen-bond acceptors (Lipinski definition) is 4. The van der Waals surface area contributed by atoms with Crippen LogP contribution in [-0.4, -0.2) is 74.1 Å². The van der Waals surface area contributed by atoms with Crippen molar-refractivity contribution >= 4 is 11.8 Å². The molecule has 1 N–H and O–H groups in total. The molecule has 2 fully saturated rings. The maximum absolute atomic E-state index is 13.0. The smallest absolute Gasteiger partial charge is 0.379 e. The van der Waals surface area contributed by atoms with E-state index in [0.717, 1.165) is 0 Å². The van der Waals surface area contributed by atoms with Gasteiger partial charge in [0, 0.05) is 38.3 Å². The number of ether oxygens (including phenoxy) is 1. The summed E-state index contributed by atoms with van der Waals surface area (Å²) >= 11 is 0. The summed E-state index contributed by atoms with van der Waals surface area (Å²) in [4.78, 5) is 28.5. The average Bonchev–Trinajstić information content (AvgIpc) is 2.77. The predicted molar refractivity (Wildman–Crippen MR) is 105 cm³/mol. The molecule has 2 aliphatic rings. The van der Waals surface area contributed by atoms with Crippen LogP contribution in [0.15, 0.2) is 18.2 Å². The van der Waals surface area contributed by atoms with Crippen LogP contribution in [0.3, 0.4) is 0 Å². The van der Waals surface area contributed by atoms with E-state index in [1.165, 1.54) is 0 Å². The van der Waals surface area contributed by atoms with E-state index < -0.39 is 35.0 Å². The molecular weight excluding hydrogens is 456 g/mol. The van der Waals surface area contributed by atoms with Crippen molar-refractivity contribution in [1.82, 2.24) is 15.1 Å². The van der Waals surface area contributed by atoms with Gasteiger partial charge in [-0.15, -0.1) is 0 Å². The van der Waals surface area contributed by atoms with E-state index in [4.69, 9.17) is 4.74 Å². The molecule has 33 heavy (non-hydrogen) atoms. The molecule has 12 heteroatoms. The Kier molecular flexibility index (Phi) is 7.88. The van der Waals surface area contributed by atoms with E-state index in [1.54, 1.807) is 4.90 Å². The first-order chi connectivity index (χ1) is 15.4. The quantitative estimate of drug-likeness (QED) is 0.657. The van der Waals surface area contributed by atoms with Gasteiger partial charge in [-0.1, -0.05) is 0 Å². The summed E-state index contributed by atoms with van der Waals surface area (Å²) in [6, 6.07) is 0.815. The van der Waals surface area contributed by atoms with E-state index in [2.05, 4.69) is 5.32 Å². The van der Waals surface area contributed by atoms with Crippen molar-refractivity contribution < 1.29 is 40.7 Å². The number of rotatable bonds is 5. The van der Waals surface area contributed by atoms with Crippen molar-refractivity contribution in [3.05, 3.63) is 34.9 Å². The molecule has 2 heterocycles. The summed E-state index contributed by atoms with van der Waals surface area (Å²) in [6.45, 7) is 3.93. The Bertz CT molecular complexity index is 812. The number of carbonyl (C=O) groups is 2. The zero-order valence-electron chi connectivity index (χ0n) is 17.8. The third-order valence-electron chi connectivity index (χ3n) is 5.83. The third-order valence-corrected chi connectivity index (χ3v) is 5.83. The lowest BCUT2D eigenvalue weighted by atomic mass is 9.96. The maximum atomic E-state index is 13.0. The van der Waals surface area contributed by atoms with Crippen LogP contribution in [0, 0.1) is 5.92 Å². The van der Waals surface area contributed by atoms with Gasteiger partial charge < -0.3 is 15.0 Å². The molecule has 0 spiro atoms. The number of hydrogen-bond donors (Lipinski definition) is 1. The molecule has 2 amide bonds. The largest absolute Gasteiger partial charge is 0.416 e. The highest BCUT2D eigenvalue weighted by Crippen LogP contribution is 2.36. The van der Waals surface area contributed by atoms with Crippen molar-refractivity contribution in [3.8, 4) is 0 Å². The van der Waals surface area contributed by atoms with Crippen molar-refractivity contribution in [2.24, 2.45) is 5.92 Å². The molecule has 0 aromatic heterocycles. The molecule has 2 saturated heterocycles. The molecule has 3 rings (SSSR count). The minimum Gasteiger partial charge on any atom is -0.379 e. The second kappa shape index (κ2) is 10.3. The van der Waals surface area contributed by atoms with Crippen LogP contribution in [0.5, 0.6) is 0 Å². The fourth-order valence-corrected chi connectivity index (χ4v) is 3.86. The van der Waals surface area contributed by atoms with E-state index in [9.17, 15) is 35.9 Å². The molecule has 184 valence electrons. The van der Waals surface area contributed by atoms with Gasteiger partial charge in [-0.2, -0.15) is 26.3 Å². The summed E-state index contributed by atoms with van der Waals surface area (Å²) in [5, 5.41) is 2.44. The molecule has 0 aliphatic carbocycles. The lowest BCUT2D eigenvalue weighted by Crippen LogP contribution is -2.47. The normalized spacial score (nSPS) is 18.9. The number of alkyl halides is 6. The number of amides is 2. The van der Waals surface area contributed by atoms with E-state index in [1.807, 2.05) is 4.90 Å². The molecular formula is C21H25F6N3O3. The second-order valence-corrected chi connectivity index (χ2v) is 8.22. The standard InChI is InChI=1S/C21H25F6N3O3/c22-20(23,24)16-9-15(10-17(11-16)21(25,26)27)19(32)28-12-14-1-3-30(4-2-14)18(31)13-29-5-7-33-8-6-29/h9-11,14H,1-8,12-13H2,(H,28,32). The van der Waals surface area contributed by atoms with Crippen LogP contribution in [0.4, 0.5) is 26.3 Å². The first kappa shape index (κ1) is 25.3. The van der Waals surface area contributed by atoms with Gasteiger partial charge in [-0.3, -0.25) is 14.5 Å². The zero-order valence-corrected chi connectivity index (χ0v) is 17.8. The van der Waals surface area contributed by atoms with Gasteiger partial charge in [-0.25, -0.2) is 0 Å². The van der Waals surface area contributed by atoms with E-state index in [0.29, 0.717) is 70.9 Å². The first-order valence-electron chi connectivity index (χ1n) is 10.6. The summed E-state index contributed by atoms with van der Waals surface area (Å²) < 4.78 is 83.2. The van der Waals surface area contributed by atoms with Gasteiger partial charge in [-0.05, 0) is 37.0 Å². The van der Waals surface area contributed by atoms with E-state index >= 15 is 0 Å². The van der Waals surface area contributed by atoms with Crippen LogP contribution in [-0.2, 0) is 21.9 Å². The number of nitrogens with zero attached hydrogens (tertiary/aromatic N) is 2. The van der Waals surface area contributed by atoms with Crippen LogP contribution in [0.1, 0.15) is 34.3 Å². The van der Waals surface area contributed by atoms with Crippen molar-refractivity contribution in [2.75, 3.05) is 52.5 Å². The summed E-state index contributed by atoms with van der Waals surface area (Å²) in [5.41, 5.74) is -3.76. The number of likely N-dealkylation sites (tertiary alicyclic amines) is 1. The van der Waals surface area contributed by atoms with Crippen LogP contribution in [0.25, 0.3) is 0 Å². The van der Waals surface area contributed by atoms with Crippen molar-refractivity contribution in [2.45, 2.75) is 25.2 Å². The van der Waals surface area contributed by atoms with Gasteiger partial charge >= 0.3 is 12.4 Å². The highest BCUT2D eigenvalue weighted by atomic mass is 19.4. The molecule has 6 nitrogen and oxygen atoms in total. The average molecular weight is 481 g/mol. The number of piperidine rings is 1. The number of halogens is 6. The molecule has 1 aromatic carbocycles. The Morgan fingerprint density at radius 1 is 0.909 bits per heavy atom. The molecule has 0 saturated carbocycles. The van der Waals surface area contributed by atoms with Gasteiger partial charge in [0.25, 0.3) is 5.91 Å². The Balaban J connectivity index is 1.52. The molecule has 1 aromatic rings. The minimum absolute atomic E-state index is 0.00281. The summed E-state index contributed by atoms with van der Waals surface area (Å²) in [5.74, 6) is -1.03. The molecule has 0 bridgehead atoms. The Morgan fingerprint density at radius 2 is 1.45 bits per heavy atom. The fraction of sp³-hybridized carbons (Fsp3) is 0.619. The van der Waals surface area contributed by atoms with Gasteiger partial charge in [0.15, 0.2) is 0 Å². The molecule has 0 unspecified atom stereocenters. The second-order valence-electron chi connectivity index (χ2n) is 8.22. The highest BCUT2D eigenvalue weighted by Gasteiger charge is 2.37. The van der Waals surface area contributed by atoms with Crippen molar-refractivity contribution in [1.29, 1.82) is 0 Å². The third kappa shape index (κ3) is 7.07. The fourth-order valence-electron chi connectivity index (χ4n) is 3.86. The maximum Gasteiger partial charge on any atom is 0.416 e.